The van der Waals surface area contributed by atoms with Crippen LogP contribution < -0.4 is 14.8 Å². The first-order chi connectivity index (χ1) is 12.2. The molecule has 0 saturated heterocycles. The van der Waals surface area contributed by atoms with E-state index in [1.807, 2.05) is 0 Å². The van der Waals surface area contributed by atoms with E-state index in [1.54, 1.807) is 54.6 Å². The van der Waals surface area contributed by atoms with Gasteiger partial charge in [0.2, 0.25) is 0 Å². The molecule has 0 unspecified atom stereocenters. The van der Waals surface area contributed by atoms with Gasteiger partial charge in [0, 0.05) is 23.0 Å². The normalized spacial score (nSPS) is 11.6. The Bertz CT molecular complexity index is 920. The maximum Gasteiger partial charge on any atom is 0.193 e. The number of ketones is 1. The lowest BCUT2D eigenvalue weighted by molar-refractivity contribution is 0.103. The van der Waals surface area contributed by atoms with Crippen LogP contribution in [-0.2, 0) is 0 Å². The van der Waals surface area contributed by atoms with Gasteiger partial charge in [-0.1, -0.05) is 12.1 Å². The predicted molar refractivity (Wildman–Crippen MR) is 90.2 cm³/mol. The standard InChI is InChI=1S/C19H13N3O3/c20-10-13(11-21)12-22-16-3-1-2-14(8-16)19(23)15-4-5-17-18(9-15)25-7-6-24-17/h1-5,8-9,12,22H,6-7H2. The van der Waals surface area contributed by atoms with Crippen LogP contribution >= 0.6 is 0 Å². The van der Waals surface area contributed by atoms with E-state index in [0.717, 1.165) is 0 Å². The van der Waals surface area contributed by atoms with Gasteiger partial charge in [0.15, 0.2) is 17.3 Å². The van der Waals surface area contributed by atoms with Crippen molar-refractivity contribution in [2.45, 2.75) is 0 Å². The highest BCUT2D eigenvalue weighted by Crippen LogP contribution is 2.31. The number of allylic oxidation sites excluding steroid dienone is 1. The molecule has 25 heavy (non-hydrogen) atoms. The summed E-state index contributed by atoms with van der Waals surface area (Å²) in [5.74, 6) is 1.02. The molecular weight excluding hydrogens is 318 g/mol. The minimum atomic E-state index is -0.162. The zero-order chi connectivity index (χ0) is 17.6. The van der Waals surface area contributed by atoms with Gasteiger partial charge in [-0.15, -0.1) is 0 Å². The van der Waals surface area contributed by atoms with Crippen LogP contribution in [0.3, 0.4) is 0 Å². The predicted octanol–water partition coefficient (Wildman–Crippen LogP) is 3.03. The van der Waals surface area contributed by atoms with Crippen molar-refractivity contribution in [1.29, 1.82) is 10.5 Å². The number of nitrogens with zero attached hydrogens (tertiary/aromatic N) is 2. The van der Waals surface area contributed by atoms with Crippen LogP contribution in [0.25, 0.3) is 0 Å². The second-order valence-corrected chi connectivity index (χ2v) is 5.19. The maximum atomic E-state index is 12.7. The lowest BCUT2D eigenvalue weighted by Crippen LogP contribution is -2.15. The average molecular weight is 331 g/mol. The Morgan fingerprint density at radius 3 is 2.48 bits per heavy atom. The quantitative estimate of drug-likeness (QED) is 0.683. The Balaban J connectivity index is 1.83. The number of nitrogens with one attached hydrogen (secondary N) is 1. The topological polar surface area (TPSA) is 95.1 Å². The molecule has 0 aromatic heterocycles. The zero-order valence-corrected chi connectivity index (χ0v) is 13.2. The van der Waals surface area contributed by atoms with Crippen molar-refractivity contribution in [3.05, 3.63) is 65.4 Å². The van der Waals surface area contributed by atoms with Gasteiger partial charge in [0.25, 0.3) is 0 Å². The lowest BCUT2D eigenvalue weighted by atomic mass is 10.0. The molecule has 2 aromatic rings. The molecule has 6 heteroatoms. The van der Waals surface area contributed by atoms with Crippen LogP contribution in [-0.4, -0.2) is 19.0 Å². The highest BCUT2D eigenvalue weighted by molar-refractivity contribution is 6.09. The summed E-state index contributed by atoms with van der Waals surface area (Å²) >= 11 is 0. The van der Waals surface area contributed by atoms with Gasteiger partial charge in [0.05, 0.1) is 0 Å². The van der Waals surface area contributed by atoms with Gasteiger partial charge >= 0.3 is 0 Å². The van der Waals surface area contributed by atoms with Crippen LogP contribution in [0.4, 0.5) is 5.69 Å². The molecule has 0 spiro atoms. The van der Waals surface area contributed by atoms with E-state index in [9.17, 15) is 4.79 Å². The molecular formula is C19H13N3O3. The van der Waals surface area contributed by atoms with E-state index in [2.05, 4.69) is 5.32 Å². The van der Waals surface area contributed by atoms with Crippen LogP contribution in [0, 0.1) is 22.7 Å². The molecule has 1 heterocycles. The lowest BCUT2D eigenvalue weighted by Gasteiger charge is -2.18. The van der Waals surface area contributed by atoms with Crippen molar-refractivity contribution >= 4 is 11.5 Å². The van der Waals surface area contributed by atoms with Crippen LogP contribution in [0.15, 0.2) is 54.2 Å². The highest BCUT2D eigenvalue weighted by atomic mass is 16.6. The van der Waals surface area contributed by atoms with Crippen LogP contribution in [0.5, 0.6) is 11.5 Å². The Kier molecular flexibility index (Phi) is 4.64. The van der Waals surface area contributed by atoms with Gasteiger partial charge in [-0.25, -0.2) is 0 Å². The Labute approximate surface area is 144 Å². The minimum absolute atomic E-state index is 0.0523. The number of nitriles is 2. The number of rotatable bonds is 4. The largest absolute Gasteiger partial charge is 0.486 e. The number of fused-ring (bicyclic) bond motifs is 1. The Morgan fingerprint density at radius 2 is 1.72 bits per heavy atom. The molecule has 1 aliphatic rings. The highest BCUT2D eigenvalue weighted by Gasteiger charge is 2.16. The number of hydrogen-bond acceptors (Lipinski definition) is 6. The minimum Gasteiger partial charge on any atom is -0.486 e. The first-order valence-corrected chi connectivity index (χ1v) is 7.52. The molecule has 0 bridgehead atoms. The number of anilines is 1. The summed E-state index contributed by atoms with van der Waals surface area (Å²) < 4.78 is 11.0. The summed E-state index contributed by atoms with van der Waals surface area (Å²) in [6, 6.07) is 15.4. The maximum absolute atomic E-state index is 12.7. The van der Waals surface area contributed by atoms with E-state index < -0.39 is 0 Å². The number of carbonyl (C=O) groups excluding carboxylic acids is 1. The van der Waals surface area contributed by atoms with E-state index in [4.69, 9.17) is 20.0 Å². The summed E-state index contributed by atoms with van der Waals surface area (Å²) in [4.78, 5) is 12.7. The third kappa shape index (κ3) is 3.60. The third-order valence-electron chi connectivity index (χ3n) is 3.55. The number of ether oxygens (including phenoxy) is 2. The van der Waals surface area contributed by atoms with E-state index >= 15 is 0 Å². The fourth-order valence-corrected chi connectivity index (χ4v) is 2.35. The molecule has 0 fully saturated rings. The summed E-state index contributed by atoms with van der Waals surface area (Å²) in [5, 5.41) is 20.3. The molecule has 1 aliphatic heterocycles. The molecule has 6 nitrogen and oxygen atoms in total. The van der Waals surface area contributed by atoms with Crippen molar-refractivity contribution < 1.29 is 14.3 Å². The second kappa shape index (κ2) is 7.20. The summed E-state index contributed by atoms with van der Waals surface area (Å²) in [6.45, 7) is 0.950. The van der Waals surface area contributed by atoms with Crippen molar-refractivity contribution in [2.24, 2.45) is 0 Å². The number of hydrogen-bond donors (Lipinski definition) is 1. The monoisotopic (exact) mass is 331 g/mol. The molecule has 3 rings (SSSR count). The van der Waals surface area contributed by atoms with Gasteiger partial charge in [-0.3, -0.25) is 4.79 Å². The van der Waals surface area contributed by atoms with Crippen LogP contribution in [0.2, 0.25) is 0 Å². The zero-order valence-electron chi connectivity index (χ0n) is 13.2. The van der Waals surface area contributed by atoms with Crippen molar-refractivity contribution in [3.63, 3.8) is 0 Å². The van der Waals surface area contributed by atoms with Gasteiger partial charge in [-0.2, -0.15) is 10.5 Å². The summed E-state index contributed by atoms with van der Waals surface area (Å²) in [7, 11) is 0. The molecule has 0 atom stereocenters. The van der Waals surface area contributed by atoms with Crippen LogP contribution in [0.1, 0.15) is 15.9 Å². The first kappa shape index (κ1) is 16.1. The first-order valence-electron chi connectivity index (χ1n) is 7.52. The molecule has 1 N–H and O–H groups in total. The van der Waals surface area contributed by atoms with Crippen molar-refractivity contribution in [1.82, 2.24) is 0 Å². The molecule has 122 valence electrons. The molecule has 0 amide bonds. The SMILES string of the molecule is N#CC(C#N)=CNc1cccc(C(=O)c2ccc3c(c2)OCCO3)c1. The Hall–Kier alpha value is -3.77. The molecule has 0 aliphatic carbocycles. The second-order valence-electron chi connectivity index (χ2n) is 5.19. The van der Waals surface area contributed by atoms with Gasteiger partial charge in [-0.05, 0) is 30.3 Å². The van der Waals surface area contributed by atoms with Crippen molar-refractivity contribution in [2.75, 3.05) is 18.5 Å². The van der Waals surface area contributed by atoms with E-state index in [0.29, 0.717) is 41.5 Å². The van der Waals surface area contributed by atoms with Crippen molar-refractivity contribution in [3.8, 4) is 23.6 Å². The fraction of sp³-hybridized carbons (Fsp3) is 0.105. The third-order valence-corrected chi connectivity index (χ3v) is 3.55. The summed E-state index contributed by atoms with van der Waals surface area (Å²) in [5.41, 5.74) is 1.52. The number of benzene rings is 2. The Morgan fingerprint density at radius 1 is 1.00 bits per heavy atom. The average Bonchev–Trinajstić information content (AvgIpc) is 2.68. The molecule has 2 aromatic carbocycles. The fourth-order valence-electron chi connectivity index (χ4n) is 2.35. The van der Waals surface area contributed by atoms with E-state index in [-0.39, 0.29) is 11.4 Å². The van der Waals surface area contributed by atoms with Gasteiger partial charge < -0.3 is 14.8 Å². The molecule has 0 saturated carbocycles. The van der Waals surface area contributed by atoms with E-state index in [1.165, 1.54) is 6.20 Å². The molecule has 0 radical (unpaired) electrons. The van der Waals surface area contributed by atoms with Gasteiger partial charge in [0.1, 0.15) is 30.9 Å². The summed E-state index contributed by atoms with van der Waals surface area (Å²) in [6.07, 6.45) is 1.30. The smallest absolute Gasteiger partial charge is 0.193 e. The number of carbonyl (C=O) groups is 1.